The van der Waals surface area contributed by atoms with Crippen molar-refractivity contribution in [1.29, 1.82) is 0 Å². The minimum Gasteiger partial charge on any atom is -0.396 e. The van der Waals surface area contributed by atoms with Gasteiger partial charge in [0, 0.05) is 18.4 Å². The van der Waals surface area contributed by atoms with Gasteiger partial charge in [0.1, 0.15) is 0 Å². The van der Waals surface area contributed by atoms with Crippen LogP contribution in [-0.2, 0) is 9.47 Å². The third kappa shape index (κ3) is 3.46. The topological polar surface area (TPSA) is 65.5 Å². The Bertz CT molecular complexity index is 739. The number of aliphatic hydroxyl groups is 2. The average molecular weight is 421 g/mol. The molecular weight excluding hydrogens is 383 g/mol. The van der Waals surface area contributed by atoms with E-state index in [0.717, 1.165) is 18.4 Å². The zero-order chi connectivity index (χ0) is 21.1. The van der Waals surface area contributed by atoms with Crippen molar-refractivity contribution in [2.45, 2.75) is 83.9 Å². The smallest absolute Gasteiger partial charge is 0.0993 e. The van der Waals surface area contributed by atoms with Gasteiger partial charge in [-0.1, -0.05) is 36.8 Å². The number of hydrogen-bond donors (Lipinski definition) is 2. The number of allylic oxidation sites excluding steroid dienone is 4. The maximum atomic E-state index is 10.3. The predicted molar refractivity (Wildman–Crippen MR) is 114 cm³/mol. The molecule has 10 atom stereocenters. The zero-order valence-corrected chi connectivity index (χ0v) is 18.8. The lowest BCUT2D eigenvalue weighted by Gasteiger charge is -2.45. The lowest BCUT2D eigenvalue weighted by Crippen LogP contribution is -2.48. The van der Waals surface area contributed by atoms with Gasteiger partial charge < -0.3 is 19.7 Å². The first-order valence-electron chi connectivity index (χ1n) is 11.3. The van der Waals surface area contributed by atoms with Crippen LogP contribution in [0.5, 0.6) is 0 Å². The van der Waals surface area contributed by atoms with Gasteiger partial charge in [0.25, 0.3) is 0 Å². The molecule has 29 heavy (non-hydrogen) atoms. The molecule has 0 bridgehead atoms. The van der Waals surface area contributed by atoms with Crippen LogP contribution in [0.15, 0.2) is 35.5 Å². The van der Waals surface area contributed by atoms with Crippen LogP contribution < -0.4 is 0 Å². The molecule has 0 aromatic heterocycles. The van der Waals surface area contributed by atoms with Crippen LogP contribution in [0.25, 0.3) is 0 Å². The third-order valence-electron chi connectivity index (χ3n) is 8.42. The van der Waals surface area contributed by atoms with Gasteiger partial charge in [-0.2, -0.15) is 0 Å². The molecule has 2 aliphatic heterocycles. The summed E-state index contributed by atoms with van der Waals surface area (Å²) in [5.74, 6) is 1.77. The van der Waals surface area contributed by atoms with Crippen molar-refractivity contribution in [3.63, 3.8) is 0 Å². The van der Waals surface area contributed by atoms with Gasteiger partial charge in [-0.25, -0.2) is 0 Å². The Morgan fingerprint density at radius 3 is 2.59 bits per heavy atom. The molecular formula is C25H38O4. The van der Waals surface area contributed by atoms with Crippen molar-refractivity contribution in [3.05, 3.63) is 35.5 Å². The van der Waals surface area contributed by atoms with Gasteiger partial charge in [0.05, 0.1) is 29.5 Å². The summed E-state index contributed by atoms with van der Waals surface area (Å²) in [5, 5.41) is 19.6. The molecule has 2 heterocycles. The first-order chi connectivity index (χ1) is 13.7. The number of fused-ring (bicyclic) bond motifs is 4. The molecule has 162 valence electrons. The van der Waals surface area contributed by atoms with Gasteiger partial charge >= 0.3 is 0 Å². The van der Waals surface area contributed by atoms with Gasteiger partial charge in [-0.15, -0.1) is 0 Å². The summed E-state index contributed by atoms with van der Waals surface area (Å²) in [6.45, 7) is 12.7. The SMILES string of the molecule is [13CH3]/[13CH]=[13C](\[13CH3])[13C@H]1[13C@@H](/[13CH]=[13CH]/[13CH]=[13C](\[13CH3])[13C@H]([13OH])[13C@H]([13CH3])[13CH2][13OH])[13C@@H]2[13CH2][13C@@H]3O[13C@]3([13CH3])[13CH2][13C@H]2[13C@@H]2O[13C@@]21[13CH3]. The highest BCUT2D eigenvalue weighted by Crippen LogP contribution is 2.67. The van der Waals surface area contributed by atoms with Crippen molar-refractivity contribution in [2.75, 3.05) is 6.61 Å². The molecule has 2 saturated carbocycles. The first kappa shape index (κ1) is 21.3. The molecule has 0 aromatic carbocycles. The van der Waals surface area contributed by atoms with Crippen LogP contribution in [-0.4, -0.2) is 46.3 Å². The van der Waals surface area contributed by atoms with Crippen molar-refractivity contribution < 1.29 is 19.7 Å². The van der Waals surface area contributed by atoms with Crippen molar-refractivity contribution in [1.82, 2.24) is 0 Å². The molecule has 4 nitrogen and oxygen atoms in total. The molecule has 4 rings (SSSR count). The minimum absolute atomic E-state index is 0.0117. The molecule has 0 radical (unpaired) electrons. The summed E-state index contributed by atoms with van der Waals surface area (Å²) in [6.07, 6.45) is 11.1. The second kappa shape index (κ2) is 7.33. The van der Waals surface area contributed by atoms with E-state index >= 15 is 0 Å². The maximum absolute atomic E-state index is 10.3. The molecule has 2 aliphatic carbocycles. The quantitative estimate of drug-likeness (QED) is 0.294. The summed E-state index contributed by atoms with van der Waals surface area (Å²) >= 11 is 0. The zero-order valence-electron chi connectivity index (χ0n) is 18.8. The van der Waals surface area contributed by atoms with Crippen molar-refractivity contribution >= 4 is 0 Å². The summed E-state index contributed by atoms with van der Waals surface area (Å²) in [4.78, 5) is 0. The molecule has 2 N–H and O–H groups in total. The summed E-state index contributed by atoms with van der Waals surface area (Å²) in [5.41, 5.74) is 2.30. The Morgan fingerprint density at radius 2 is 1.93 bits per heavy atom. The van der Waals surface area contributed by atoms with E-state index < -0.39 is 6.10 Å². The average Bonchev–Trinajstić information content (AvgIpc) is 3.57. The summed E-state index contributed by atoms with van der Waals surface area (Å²) in [6, 6.07) is 0. The monoisotopic (exact) mass is 421 g/mol. The summed E-state index contributed by atoms with van der Waals surface area (Å²) < 4.78 is 12.5. The van der Waals surface area contributed by atoms with E-state index in [1.165, 1.54) is 5.57 Å². The number of rotatable bonds is 6. The molecule has 4 aliphatic rings. The van der Waals surface area contributed by atoms with E-state index in [2.05, 4.69) is 45.9 Å². The number of aliphatic hydroxyl groups excluding tert-OH is 2. The van der Waals surface area contributed by atoms with E-state index in [1.54, 1.807) is 0 Å². The normalized spacial score (nSPS) is 48.6. The van der Waals surface area contributed by atoms with Crippen LogP contribution in [0.3, 0.4) is 0 Å². The maximum Gasteiger partial charge on any atom is 0.0993 e. The number of hydrogen-bond acceptors (Lipinski definition) is 4. The van der Waals surface area contributed by atoms with Crippen LogP contribution in [0.2, 0.25) is 0 Å². The highest BCUT2D eigenvalue weighted by Gasteiger charge is 2.72. The fourth-order valence-corrected chi connectivity index (χ4v) is 6.39. The van der Waals surface area contributed by atoms with Gasteiger partial charge in [0.15, 0.2) is 0 Å². The Morgan fingerprint density at radius 1 is 1.21 bits per heavy atom. The standard InChI is InChI=1S/C25H38O4/c1-7-14(2)21-17(10-8-9-15(3)22(27)16(4)13-26)18-11-20-24(5,28-20)12-19(18)23-25(21,6)29-23/h7-10,16-23,26-27H,11-13H2,1-6H3/b10-8+,14-7+,15-9+/t16-,17+,18+,19-,20+,21+,22+,23+,24-,25-/m1/s1/i1+1,2+1,3+1,4+1,5+1,6+1,7+1,8+1,9+1,10+1,11+1,12+1,13+1,14+1,15+1,16+1,17+1,18+1,19+1,20+1,21+1,22+1,23+1,24+1,25+1,26-3,27-3. The number of epoxide rings is 2. The second-order valence-corrected chi connectivity index (χ2v) is 10.4. The highest BCUT2D eigenvalue weighted by atomic mass is 16.9. The molecule has 4 heteroatoms. The molecule has 0 spiro atoms. The van der Waals surface area contributed by atoms with E-state index in [-0.39, 0.29) is 23.7 Å². The Balaban J connectivity index is 1.61. The van der Waals surface area contributed by atoms with Crippen LogP contribution in [0.1, 0.15) is 54.4 Å². The van der Waals surface area contributed by atoms with Crippen LogP contribution in [0.4, 0.5) is 0 Å². The van der Waals surface area contributed by atoms with Crippen LogP contribution in [0, 0.1) is 29.6 Å². The molecule has 0 amide bonds. The van der Waals surface area contributed by atoms with Gasteiger partial charge in [-0.3, -0.25) is 0 Å². The third-order valence-corrected chi connectivity index (χ3v) is 8.42. The van der Waals surface area contributed by atoms with E-state index in [9.17, 15) is 10.2 Å². The second-order valence-electron chi connectivity index (χ2n) is 10.4. The van der Waals surface area contributed by atoms with Gasteiger partial charge in [0.2, 0.25) is 0 Å². The van der Waals surface area contributed by atoms with E-state index in [1.807, 2.05) is 19.9 Å². The van der Waals surface area contributed by atoms with Crippen molar-refractivity contribution in [3.8, 4) is 0 Å². The van der Waals surface area contributed by atoms with E-state index in [4.69, 9.17) is 9.47 Å². The molecule has 2 saturated heterocycles. The Hall–Kier alpha value is -0.940. The highest BCUT2D eigenvalue weighted by molar-refractivity contribution is 5.30. The Kier molecular flexibility index (Phi) is 5.39. The van der Waals surface area contributed by atoms with Crippen LogP contribution >= 0.6 is 0 Å². The fourth-order valence-electron chi connectivity index (χ4n) is 6.39. The summed E-state index contributed by atoms with van der Waals surface area (Å²) in [7, 11) is 0. The lowest BCUT2D eigenvalue weighted by atomic mass is 10.5. The predicted octanol–water partition coefficient (Wildman–Crippen LogP) is 4.03. The van der Waals surface area contributed by atoms with Crippen molar-refractivity contribution in [2.24, 2.45) is 29.6 Å². The lowest BCUT2D eigenvalue weighted by molar-refractivity contribution is 0.0997. The minimum atomic E-state index is -0.610. The molecule has 0 unspecified atom stereocenters. The van der Waals surface area contributed by atoms with E-state index in [0.29, 0.717) is 35.9 Å². The van der Waals surface area contributed by atoms with Gasteiger partial charge in [-0.05, 0) is 70.8 Å². The Labute approximate surface area is 175 Å². The number of ether oxygens (including phenoxy) is 2. The molecule has 4 fully saturated rings. The first-order valence-corrected chi connectivity index (χ1v) is 11.3. The molecule has 0 aromatic rings. The largest absolute Gasteiger partial charge is 0.396 e. The fraction of sp³-hybridized carbons (Fsp3) is 0.760.